The normalized spacial score (nSPS) is 20.8. The summed E-state index contributed by atoms with van der Waals surface area (Å²) >= 11 is 6.19. The van der Waals surface area contributed by atoms with E-state index in [1.807, 2.05) is 23.1 Å². The number of fused-ring (bicyclic) bond motifs is 1. The summed E-state index contributed by atoms with van der Waals surface area (Å²) in [4.78, 5) is 14.2. The highest BCUT2D eigenvalue weighted by Crippen LogP contribution is 2.33. The molecule has 0 saturated heterocycles. The van der Waals surface area contributed by atoms with Crippen molar-refractivity contribution in [3.63, 3.8) is 0 Å². The van der Waals surface area contributed by atoms with Crippen LogP contribution in [0.2, 0.25) is 5.02 Å². The molecule has 2 aliphatic rings. The standard InChI is InChI=1S/C16H20ClNO2/c17-14-5-3-4-12-11-18(9-6-13(12)14)15(19)10-16(20)7-1-2-8-16/h3-5,20H,1-2,6-11H2. The number of nitrogens with zero attached hydrogens (tertiary/aromatic N) is 1. The lowest BCUT2D eigenvalue weighted by molar-refractivity contribution is -0.137. The number of amides is 1. The molecule has 0 bridgehead atoms. The van der Waals surface area contributed by atoms with Crippen molar-refractivity contribution < 1.29 is 9.90 Å². The lowest BCUT2D eigenvalue weighted by atomic mass is 9.95. The lowest BCUT2D eigenvalue weighted by Crippen LogP contribution is -2.40. The largest absolute Gasteiger partial charge is 0.389 e. The van der Waals surface area contributed by atoms with E-state index in [-0.39, 0.29) is 12.3 Å². The molecule has 3 nitrogen and oxygen atoms in total. The molecule has 3 rings (SSSR count). The first-order valence-corrected chi connectivity index (χ1v) is 7.72. The van der Waals surface area contributed by atoms with E-state index in [4.69, 9.17) is 11.6 Å². The molecule has 108 valence electrons. The van der Waals surface area contributed by atoms with Gasteiger partial charge in [-0.05, 0) is 36.5 Å². The summed E-state index contributed by atoms with van der Waals surface area (Å²) in [5.74, 6) is 0.0695. The maximum atomic E-state index is 12.4. The van der Waals surface area contributed by atoms with Gasteiger partial charge in [-0.3, -0.25) is 4.79 Å². The summed E-state index contributed by atoms with van der Waals surface area (Å²) in [7, 11) is 0. The van der Waals surface area contributed by atoms with E-state index >= 15 is 0 Å². The molecule has 1 aliphatic heterocycles. The number of rotatable bonds is 2. The Morgan fingerprint density at radius 1 is 1.35 bits per heavy atom. The zero-order valence-corrected chi connectivity index (χ0v) is 12.3. The van der Waals surface area contributed by atoms with E-state index in [1.54, 1.807) is 0 Å². The van der Waals surface area contributed by atoms with Crippen molar-refractivity contribution in [1.29, 1.82) is 0 Å². The Morgan fingerprint density at radius 3 is 2.85 bits per heavy atom. The van der Waals surface area contributed by atoms with Crippen LogP contribution in [0.25, 0.3) is 0 Å². The SMILES string of the molecule is O=C(CC1(O)CCCC1)N1CCc2c(Cl)cccc2C1. The fraction of sp³-hybridized carbons (Fsp3) is 0.562. The van der Waals surface area contributed by atoms with Gasteiger partial charge in [-0.2, -0.15) is 0 Å². The highest BCUT2D eigenvalue weighted by Gasteiger charge is 2.35. The van der Waals surface area contributed by atoms with Gasteiger partial charge in [-0.25, -0.2) is 0 Å². The minimum Gasteiger partial charge on any atom is -0.389 e. The molecule has 0 spiro atoms. The van der Waals surface area contributed by atoms with Gasteiger partial charge < -0.3 is 10.0 Å². The molecule has 1 amide bonds. The van der Waals surface area contributed by atoms with Gasteiger partial charge in [-0.1, -0.05) is 36.6 Å². The fourth-order valence-electron chi connectivity index (χ4n) is 3.38. The van der Waals surface area contributed by atoms with Gasteiger partial charge in [0.05, 0.1) is 12.0 Å². The topological polar surface area (TPSA) is 40.5 Å². The van der Waals surface area contributed by atoms with E-state index in [0.29, 0.717) is 13.1 Å². The number of carbonyl (C=O) groups excluding carboxylic acids is 1. The number of carbonyl (C=O) groups is 1. The summed E-state index contributed by atoms with van der Waals surface area (Å²) in [6.07, 6.45) is 4.65. The molecule has 1 aliphatic carbocycles. The maximum absolute atomic E-state index is 12.4. The van der Waals surface area contributed by atoms with E-state index in [0.717, 1.165) is 48.3 Å². The summed E-state index contributed by atoms with van der Waals surface area (Å²) in [6.45, 7) is 1.32. The zero-order valence-electron chi connectivity index (χ0n) is 11.6. The Labute approximate surface area is 124 Å². The van der Waals surface area contributed by atoms with Crippen LogP contribution in [0.3, 0.4) is 0 Å². The Balaban J connectivity index is 1.69. The minimum atomic E-state index is -0.758. The number of halogens is 1. The Kier molecular flexibility index (Phi) is 3.74. The van der Waals surface area contributed by atoms with Crippen molar-refractivity contribution in [3.05, 3.63) is 34.3 Å². The average Bonchev–Trinajstić information content (AvgIpc) is 2.85. The Hall–Kier alpha value is -1.06. The van der Waals surface area contributed by atoms with Gasteiger partial charge in [0.2, 0.25) is 5.91 Å². The summed E-state index contributed by atoms with van der Waals surface area (Å²) in [6, 6.07) is 5.86. The number of aliphatic hydroxyl groups is 1. The second-order valence-electron chi connectivity index (χ2n) is 6.05. The molecule has 0 aromatic heterocycles. The summed E-state index contributed by atoms with van der Waals surface area (Å²) < 4.78 is 0. The number of benzene rings is 1. The van der Waals surface area contributed by atoms with Crippen molar-refractivity contribution in [2.24, 2.45) is 0 Å². The third-order valence-corrected chi connectivity index (χ3v) is 4.93. The number of hydrogen-bond donors (Lipinski definition) is 1. The average molecular weight is 294 g/mol. The predicted molar refractivity (Wildman–Crippen MR) is 78.6 cm³/mol. The molecule has 1 aromatic carbocycles. The maximum Gasteiger partial charge on any atom is 0.225 e. The molecule has 0 unspecified atom stereocenters. The van der Waals surface area contributed by atoms with Crippen LogP contribution in [0.1, 0.15) is 43.2 Å². The first-order valence-electron chi connectivity index (χ1n) is 7.34. The molecule has 4 heteroatoms. The molecular formula is C16H20ClNO2. The van der Waals surface area contributed by atoms with Crippen molar-refractivity contribution in [3.8, 4) is 0 Å². The van der Waals surface area contributed by atoms with Gasteiger partial charge in [-0.15, -0.1) is 0 Å². The van der Waals surface area contributed by atoms with E-state index in [9.17, 15) is 9.90 Å². The van der Waals surface area contributed by atoms with Gasteiger partial charge in [0.15, 0.2) is 0 Å². The van der Waals surface area contributed by atoms with E-state index < -0.39 is 5.60 Å². The van der Waals surface area contributed by atoms with Crippen LogP contribution in [-0.2, 0) is 17.8 Å². The molecule has 20 heavy (non-hydrogen) atoms. The molecule has 1 aromatic rings. The van der Waals surface area contributed by atoms with Gasteiger partial charge in [0.25, 0.3) is 0 Å². The van der Waals surface area contributed by atoms with Crippen LogP contribution < -0.4 is 0 Å². The van der Waals surface area contributed by atoms with Gasteiger partial charge >= 0.3 is 0 Å². The third kappa shape index (κ3) is 2.70. The predicted octanol–water partition coefficient (Wildman–Crippen LogP) is 2.92. The zero-order chi connectivity index (χ0) is 14.2. The lowest BCUT2D eigenvalue weighted by Gasteiger charge is -2.32. The molecule has 1 saturated carbocycles. The van der Waals surface area contributed by atoms with Crippen LogP contribution in [0.5, 0.6) is 0 Å². The summed E-state index contributed by atoms with van der Waals surface area (Å²) in [5.41, 5.74) is 1.54. The quantitative estimate of drug-likeness (QED) is 0.911. The second-order valence-corrected chi connectivity index (χ2v) is 6.46. The molecule has 1 fully saturated rings. The highest BCUT2D eigenvalue weighted by molar-refractivity contribution is 6.31. The van der Waals surface area contributed by atoms with Crippen LogP contribution in [0.15, 0.2) is 18.2 Å². The van der Waals surface area contributed by atoms with Crippen molar-refractivity contribution in [2.45, 2.75) is 50.7 Å². The highest BCUT2D eigenvalue weighted by atomic mass is 35.5. The van der Waals surface area contributed by atoms with Gasteiger partial charge in [0.1, 0.15) is 0 Å². The first kappa shape index (κ1) is 13.9. The Morgan fingerprint density at radius 2 is 2.10 bits per heavy atom. The summed E-state index contributed by atoms with van der Waals surface area (Å²) in [5, 5.41) is 11.2. The van der Waals surface area contributed by atoms with E-state index in [1.165, 1.54) is 0 Å². The van der Waals surface area contributed by atoms with Crippen molar-refractivity contribution >= 4 is 17.5 Å². The second kappa shape index (κ2) is 5.38. The monoisotopic (exact) mass is 293 g/mol. The number of hydrogen-bond acceptors (Lipinski definition) is 2. The van der Waals surface area contributed by atoms with Crippen LogP contribution in [0, 0.1) is 0 Å². The van der Waals surface area contributed by atoms with Crippen molar-refractivity contribution in [1.82, 2.24) is 4.90 Å². The van der Waals surface area contributed by atoms with Gasteiger partial charge in [0, 0.05) is 18.1 Å². The van der Waals surface area contributed by atoms with Crippen LogP contribution >= 0.6 is 11.6 Å². The third-order valence-electron chi connectivity index (χ3n) is 4.58. The molecular weight excluding hydrogens is 274 g/mol. The molecule has 0 atom stereocenters. The van der Waals surface area contributed by atoms with E-state index in [2.05, 4.69) is 0 Å². The minimum absolute atomic E-state index is 0.0695. The molecule has 0 radical (unpaired) electrons. The smallest absolute Gasteiger partial charge is 0.225 e. The van der Waals surface area contributed by atoms with Crippen molar-refractivity contribution in [2.75, 3.05) is 6.54 Å². The molecule has 1 N–H and O–H groups in total. The van der Waals surface area contributed by atoms with Crippen LogP contribution in [0.4, 0.5) is 0 Å². The Bertz CT molecular complexity index is 523. The molecule has 1 heterocycles. The first-order chi connectivity index (χ1) is 9.57. The fourth-order valence-corrected chi connectivity index (χ4v) is 3.67. The van der Waals surface area contributed by atoms with Crippen LogP contribution in [-0.4, -0.2) is 28.1 Å².